The molecule has 1 aromatic heterocycles. The van der Waals surface area contributed by atoms with Crippen LogP contribution in [0.4, 0.5) is 0 Å². The van der Waals surface area contributed by atoms with E-state index in [-0.39, 0.29) is 5.91 Å². The van der Waals surface area contributed by atoms with E-state index in [4.69, 9.17) is 5.73 Å². The van der Waals surface area contributed by atoms with Gasteiger partial charge in [0, 0.05) is 5.38 Å². The summed E-state index contributed by atoms with van der Waals surface area (Å²) in [4.78, 5) is 16.0. The van der Waals surface area contributed by atoms with Crippen LogP contribution in [-0.2, 0) is 11.3 Å². The predicted molar refractivity (Wildman–Crippen MR) is 72.1 cm³/mol. The fraction of sp³-hybridized carbons (Fsp3) is 0.231. The van der Waals surface area contributed by atoms with Crippen molar-refractivity contribution in [3.63, 3.8) is 0 Å². The number of hydrogen-bond donors (Lipinski definition) is 2. The van der Waals surface area contributed by atoms with E-state index in [0.717, 1.165) is 16.8 Å². The molecule has 2 rings (SSSR count). The van der Waals surface area contributed by atoms with Crippen molar-refractivity contribution in [1.82, 2.24) is 10.3 Å². The second-order valence-electron chi connectivity index (χ2n) is 4.09. The highest BCUT2D eigenvalue weighted by Crippen LogP contribution is 2.11. The van der Waals surface area contributed by atoms with Crippen molar-refractivity contribution in [1.29, 1.82) is 0 Å². The number of carbonyl (C=O) groups is 1. The Morgan fingerprint density at radius 2 is 2.17 bits per heavy atom. The third-order valence-electron chi connectivity index (χ3n) is 2.65. The van der Waals surface area contributed by atoms with Crippen LogP contribution in [0.3, 0.4) is 0 Å². The van der Waals surface area contributed by atoms with E-state index in [1.165, 1.54) is 11.3 Å². The quantitative estimate of drug-likeness (QED) is 0.881. The molecule has 18 heavy (non-hydrogen) atoms. The number of hydrogen-bond acceptors (Lipinski definition) is 4. The topological polar surface area (TPSA) is 68.0 Å². The number of aryl methyl sites for hydroxylation is 1. The van der Waals surface area contributed by atoms with Gasteiger partial charge in [0.05, 0.1) is 17.7 Å². The van der Waals surface area contributed by atoms with Crippen LogP contribution in [-0.4, -0.2) is 10.9 Å². The molecule has 2 aromatic rings. The van der Waals surface area contributed by atoms with Crippen molar-refractivity contribution < 1.29 is 4.79 Å². The van der Waals surface area contributed by atoms with Crippen molar-refractivity contribution in [3.05, 3.63) is 52.0 Å². The Hall–Kier alpha value is -1.72. The summed E-state index contributed by atoms with van der Waals surface area (Å²) in [5, 5.41) is 4.68. The van der Waals surface area contributed by atoms with E-state index in [2.05, 4.69) is 10.3 Å². The largest absolute Gasteiger partial charge is 0.349 e. The Labute approximate surface area is 110 Å². The molecule has 4 nitrogen and oxygen atoms in total. The standard InChI is InChI=1S/C13H15N3OS/c1-9-2-4-10(5-3-9)12(14)13(17)15-6-11-7-18-8-16-11/h2-5,7-8,12H,6,14H2,1H3,(H,15,17). The molecule has 0 aliphatic heterocycles. The molecule has 0 aliphatic carbocycles. The Kier molecular flexibility index (Phi) is 4.07. The fourth-order valence-corrected chi connectivity index (χ4v) is 2.10. The number of amides is 1. The molecule has 5 heteroatoms. The molecule has 3 N–H and O–H groups in total. The summed E-state index contributed by atoms with van der Waals surface area (Å²) in [5.74, 6) is -0.188. The molecule has 0 aliphatic rings. The van der Waals surface area contributed by atoms with E-state index in [0.29, 0.717) is 6.54 Å². The first-order chi connectivity index (χ1) is 8.66. The van der Waals surface area contributed by atoms with Gasteiger partial charge in [0.2, 0.25) is 5.91 Å². The lowest BCUT2D eigenvalue weighted by atomic mass is 10.1. The van der Waals surface area contributed by atoms with Gasteiger partial charge in [0.15, 0.2) is 0 Å². The van der Waals surface area contributed by atoms with E-state index >= 15 is 0 Å². The first kappa shape index (κ1) is 12.7. The monoisotopic (exact) mass is 261 g/mol. The SMILES string of the molecule is Cc1ccc(C(N)C(=O)NCc2cscn2)cc1. The molecule has 1 heterocycles. The summed E-state index contributed by atoms with van der Waals surface area (Å²) in [5.41, 5.74) is 10.5. The van der Waals surface area contributed by atoms with Crippen LogP contribution in [0.2, 0.25) is 0 Å². The van der Waals surface area contributed by atoms with E-state index in [1.807, 2.05) is 36.6 Å². The third kappa shape index (κ3) is 3.15. The lowest BCUT2D eigenvalue weighted by molar-refractivity contribution is -0.122. The Morgan fingerprint density at radius 3 is 2.78 bits per heavy atom. The summed E-state index contributed by atoms with van der Waals surface area (Å²) >= 11 is 1.50. The zero-order chi connectivity index (χ0) is 13.0. The van der Waals surface area contributed by atoms with Gasteiger partial charge in [0.25, 0.3) is 0 Å². The normalized spacial score (nSPS) is 12.1. The first-order valence-corrected chi connectivity index (χ1v) is 6.58. The summed E-state index contributed by atoms with van der Waals surface area (Å²) in [7, 11) is 0. The molecule has 0 saturated carbocycles. The van der Waals surface area contributed by atoms with E-state index in [1.54, 1.807) is 5.51 Å². The Balaban J connectivity index is 1.94. The molecule has 0 fully saturated rings. The van der Waals surface area contributed by atoms with Gasteiger partial charge in [-0.1, -0.05) is 29.8 Å². The molecular formula is C13H15N3OS. The molecule has 1 atom stereocenters. The van der Waals surface area contributed by atoms with E-state index in [9.17, 15) is 4.79 Å². The maximum Gasteiger partial charge on any atom is 0.241 e. The highest BCUT2D eigenvalue weighted by atomic mass is 32.1. The molecule has 0 bridgehead atoms. The third-order valence-corrected chi connectivity index (χ3v) is 3.28. The zero-order valence-corrected chi connectivity index (χ0v) is 10.9. The number of nitrogens with two attached hydrogens (primary N) is 1. The molecule has 1 aromatic carbocycles. The first-order valence-electron chi connectivity index (χ1n) is 5.64. The van der Waals surface area contributed by atoms with Crippen LogP contribution >= 0.6 is 11.3 Å². The lowest BCUT2D eigenvalue weighted by Gasteiger charge is -2.12. The number of nitrogens with one attached hydrogen (secondary N) is 1. The molecule has 1 amide bonds. The van der Waals surface area contributed by atoms with Gasteiger partial charge in [-0.3, -0.25) is 4.79 Å². The molecule has 1 unspecified atom stereocenters. The average Bonchev–Trinajstić information content (AvgIpc) is 2.89. The molecule has 0 spiro atoms. The zero-order valence-electron chi connectivity index (χ0n) is 10.1. The minimum Gasteiger partial charge on any atom is -0.349 e. The summed E-state index contributed by atoms with van der Waals surface area (Å²) in [6.07, 6.45) is 0. The van der Waals surface area contributed by atoms with Crippen molar-refractivity contribution in [2.75, 3.05) is 0 Å². The minimum atomic E-state index is -0.635. The fourth-order valence-electron chi connectivity index (χ4n) is 1.54. The highest BCUT2D eigenvalue weighted by Gasteiger charge is 2.15. The molecule has 0 radical (unpaired) electrons. The van der Waals surface area contributed by atoms with Crippen LogP contribution in [0.25, 0.3) is 0 Å². The van der Waals surface area contributed by atoms with Crippen molar-refractivity contribution in [2.24, 2.45) is 5.73 Å². The Morgan fingerprint density at radius 1 is 1.44 bits per heavy atom. The average molecular weight is 261 g/mol. The minimum absolute atomic E-state index is 0.188. The molecular weight excluding hydrogens is 246 g/mol. The number of carbonyl (C=O) groups excluding carboxylic acids is 1. The number of rotatable bonds is 4. The van der Waals surface area contributed by atoms with Gasteiger partial charge in [-0.25, -0.2) is 4.98 Å². The van der Waals surface area contributed by atoms with Gasteiger partial charge in [-0.05, 0) is 12.5 Å². The van der Waals surface area contributed by atoms with Crippen molar-refractivity contribution in [2.45, 2.75) is 19.5 Å². The van der Waals surface area contributed by atoms with Gasteiger partial charge in [0.1, 0.15) is 6.04 Å². The van der Waals surface area contributed by atoms with Crippen molar-refractivity contribution >= 4 is 17.2 Å². The second kappa shape index (κ2) is 5.75. The molecule has 0 saturated heterocycles. The predicted octanol–water partition coefficient (Wildman–Crippen LogP) is 1.77. The maximum absolute atomic E-state index is 11.9. The van der Waals surface area contributed by atoms with Gasteiger partial charge in [-0.2, -0.15) is 0 Å². The van der Waals surface area contributed by atoms with Gasteiger partial charge in [-0.15, -0.1) is 11.3 Å². The van der Waals surface area contributed by atoms with Crippen LogP contribution in [0.15, 0.2) is 35.2 Å². The van der Waals surface area contributed by atoms with Crippen LogP contribution in [0.5, 0.6) is 0 Å². The van der Waals surface area contributed by atoms with Gasteiger partial charge < -0.3 is 11.1 Å². The van der Waals surface area contributed by atoms with Gasteiger partial charge >= 0.3 is 0 Å². The lowest BCUT2D eigenvalue weighted by Crippen LogP contribution is -2.33. The highest BCUT2D eigenvalue weighted by molar-refractivity contribution is 7.07. The number of aromatic nitrogens is 1. The number of benzene rings is 1. The maximum atomic E-state index is 11.9. The van der Waals surface area contributed by atoms with Crippen molar-refractivity contribution in [3.8, 4) is 0 Å². The summed E-state index contributed by atoms with van der Waals surface area (Å²) in [6.45, 7) is 2.42. The molecule has 94 valence electrons. The van der Waals surface area contributed by atoms with Crippen LogP contribution < -0.4 is 11.1 Å². The summed E-state index contributed by atoms with van der Waals surface area (Å²) in [6, 6.07) is 7.01. The van der Waals surface area contributed by atoms with E-state index < -0.39 is 6.04 Å². The number of nitrogens with zero attached hydrogens (tertiary/aromatic N) is 1. The smallest absolute Gasteiger partial charge is 0.241 e. The number of thiazole rings is 1. The Bertz CT molecular complexity index is 508. The summed E-state index contributed by atoms with van der Waals surface area (Å²) < 4.78 is 0. The second-order valence-corrected chi connectivity index (χ2v) is 4.80. The van der Waals surface area contributed by atoms with Crippen LogP contribution in [0, 0.1) is 6.92 Å². The van der Waals surface area contributed by atoms with Crippen LogP contribution in [0.1, 0.15) is 22.9 Å².